The number of nitrogen functional groups attached to an aromatic ring is 1. The second kappa shape index (κ2) is 6.25. The number of hydrogen-bond donors (Lipinski definition) is 1. The summed E-state index contributed by atoms with van der Waals surface area (Å²) >= 11 is 0. The summed E-state index contributed by atoms with van der Waals surface area (Å²) in [4.78, 5) is 4.49. The summed E-state index contributed by atoms with van der Waals surface area (Å²) in [5.41, 5.74) is 7.46. The van der Waals surface area contributed by atoms with Gasteiger partial charge in [0.2, 0.25) is 0 Å². The van der Waals surface area contributed by atoms with E-state index in [0.717, 1.165) is 27.9 Å². The van der Waals surface area contributed by atoms with E-state index < -0.39 is 7.12 Å². The quantitative estimate of drug-likeness (QED) is 0.565. The highest BCUT2D eigenvalue weighted by atomic mass is 16.7. The lowest BCUT2D eigenvalue weighted by Gasteiger charge is -2.32. The molecule has 27 heavy (non-hydrogen) atoms. The van der Waals surface area contributed by atoms with Gasteiger partial charge >= 0.3 is 7.12 Å². The van der Waals surface area contributed by atoms with Crippen molar-refractivity contribution in [3.05, 3.63) is 54.7 Å². The van der Waals surface area contributed by atoms with Gasteiger partial charge in [-0.05, 0) is 75.6 Å². The first-order chi connectivity index (χ1) is 12.7. The van der Waals surface area contributed by atoms with Crippen LogP contribution in [0.15, 0.2) is 54.7 Å². The fourth-order valence-electron chi connectivity index (χ4n) is 3.02. The number of fused-ring (bicyclic) bond motifs is 1. The predicted molar refractivity (Wildman–Crippen MR) is 108 cm³/mol. The number of ether oxygens (including phenoxy) is 1. The van der Waals surface area contributed by atoms with Crippen molar-refractivity contribution in [2.75, 3.05) is 5.73 Å². The minimum atomic E-state index is -0.414. The van der Waals surface area contributed by atoms with Gasteiger partial charge in [0, 0.05) is 17.3 Å². The number of rotatable bonds is 3. The maximum absolute atomic E-state index is 6.14. The van der Waals surface area contributed by atoms with Crippen LogP contribution in [-0.4, -0.2) is 23.3 Å². The number of hydrogen-bond acceptors (Lipinski definition) is 5. The van der Waals surface area contributed by atoms with Crippen molar-refractivity contribution in [2.24, 2.45) is 0 Å². The van der Waals surface area contributed by atoms with Crippen molar-refractivity contribution in [1.29, 1.82) is 0 Å². The third-order valence-electron chi connectivity index (χ3n) is 5.36. The van der Waals surface area contributed by atoms with Gasteiger partial charge in [-0.2, -0.15) is 0 Å². The summed E-state index contributed by atoms with van der Waals surface area (Å²) < 4.78 is 18.3. The molecule has 0 aliphatic carbocycles. The molecule has 1 aliphatic heterocycles. The highest BCUT2D eigenvalue weighted by Crippen LogP contribution is 2.37. The second-order valence-electron chi connectivity index (χ2n) is 7.85. The number of aromatic nitrogens is 1. The normalized spacial score (nSPS) is 18.0. The Balaban J connectivity index is 1.65. The molecule has 0 radical (unpaired) electrons. The summed E-state index contributed by atoms with van der Waals surface area (Å²) in [7, 11) is -0.414. The van der Waals surface area contributed by atoms with E-state index in [1.54, 1.807) is 6.20 Å². The molecule has 3 aromatic rings. The Morgan fingerprint density at radius 3 is 2.26 bits per heavy atom. The minimum absolute atomic E-state index is 0.375. The SMILES string of the molecule is CC1(C)OB(c2ccc3c(Oc4ccc(N)cc4)ccnc3c2)OC1(C)C. The van der Waals surface area contributed by atoms with Crippen LogP contribution in [0.25, 0.3) is 10.9 Å². The number of nitrogens with zero attached hydrogens (tertiary/aromatic N) is 1. The van der Waals surface area contributed by atoms with Crippen molar-refractivity contribution in [3.63, 3.8) is 0 Å². The van der Waals surface area contributed by atoms with E-state index in [2.05, 4.69) is 4.98 Å². The van der Waals surface area contributed by atoms with Crippen molar-refractivity contribution < 1.29 is 14.0 Å². The maximum Gasteiger partial charge on any atom is 0.494 e. The molecule has 1 saturated heterocycles. The van der Waals surface area contributed by atoms with Gasteiger partial charge in [0.25, 0.3) is 0 Å². The highest BCUT2D eigenvalue weighted by Gasteiger charge is 2.51. The summed E-state index contributed by atoms with van der Waals surface area (Å²) in [5.74, 6) is 1.47. The fourth-order valence-corrected chi connectivity index (χ4v) is 3.02. The molecule has 0 bridgehead atoms. The Hall–Kier alpha value is -2.57. The standard InChI is InChI=1S/C21H23BN2O3/c1-20(2)21(3,4)27-22(26-20)14-5-10-17-18(13-14)24-12-11-19(17)25-16-8-6-15(23)7-9-16/h5-13H,23H2,1-4H3. The van der Waals surface area contributed by atoms with Crippen LogP contribution in [-0.2, 0) is 9.31 Å². The van der Waals surface area contributed by atoms with Crippen molar-refractivity contribution in [1.82, 2.24) is 4.98 Å². The molecule has 2 aromatic carbocycles. The van der Waals surface area contributed by atoms with Gasteiger partial charge in [-0.3, -0.25) is 4.98 Å². The number of pyridine rings is 1. The van der Waals surface area contributed by atoms with Gasteiger partial charge in [-0.1, -0.05) is 6.07 Å². The van der Waals surface area contributed by atoms with Crippen LogP contribution in [0, 0.1) is 0 Å². The molecule has 2 heterocycles. The van der Waals surface area contributed by atoms with Gasteiger partial charge in [-0.15, -0.1) is 0 Å². The van der Waals surface area contributed by atoms with Crippen LogP contribution in [0.3, 0.4) is 0 Å². The van der Waals surface area contributed by atoms with Crippen LogP contribution in [0.5, 0.6) is 11.5 Å². The molecule has 0 spiro atoms. The van der Waals surface area contributed by atoms with E-state index in [0.29, 0.717) is 5.69 Å². The first kappa shape index (κ1) is 17.8. The Morgan fingerprint density at radius 2 is 1.59 bits per heavy atom. The Kier molecular flexibility index (Phi) is 4.13. The molecular weight excluding hydrogens is 339 g/mol. The second-order valence-corrected chi connectivity index (χ2v) is 7.85. The van der Waals surface area contributed by atoms with Crippen molar-refractivity contribution in [3.8, 4) is 11.5 Å². The first-order valence-corrected chi connectivity index (χ1v) is 9.03. The molecule has 2 N–H and O–H groups in total. The monoisotopic (exact) mass is 362 g/mol. The summed E-state index contributed by atoms with van der Waals surface area (Å²) in [6.45, 7) is 8.19. The molecule has 1 fully saturated rings. The molecule has 0 amide bonds. The van der Waals surface area contributed by atoms with E-state index in [-0.39, 0.29) is 11.2 Å². The van der Waals surface area contributed by atoms with Crippen LogP contribution in [0.2, 0.25) is 0 Å². The fraction of sp³-hybridized carbons (Fsp3) is 0.286. The van der Waals surface area contributed by atoms with Gasteiger partial charge in [0.1, 0.15) is 11.5 Å². The summed E-state index contributed by atoms with van der Waals surface area (Å²) in [6, 6.07) is 15.2. The zero-order valence-corrected chi connectivity index (χ0v) is 16.0. The predicted octanol–water partition coefficient (Wildman–Crippen LogP) is 3.91. The van der Waals surface area contributed by atoms with Gasteiger partial charge in [-0.25, -0.2) is 0 Å². The van der Waals surface area contributed by atoms with E-state index in [9.17, 15) is 0 Å². The van der Waals surface area contributed by atoms with Gasteiger partial charge in [0.05, 0.1) is 16.7 Å². The third kappa shape index (κ3) is 3.26. The molecule has 0 atom stereocenters. The van der Waals surface area contributed by atoms with Crippen LogP contribution in [0.1, 0.15) is 27.7 Å². The van der Waals surface area contributed by atoms with E-state index >= 15 is 0 Å². The first-order valence-electron chi connectivity index (χ1n) is 9.03. The molecule has 0 unspecified atom stereocenters. The zero-order valence-electron chi connectivity index (χ0n) is 16.0. The molecule has 6 heteroatoms. The van der Waals surface area contributed by atoms with E-state index in [4.69, 9.17) is 19.8 Å². The molecule has 5 nitrogen and oxygen atoms in total. The van der Waals surface area contributed by atoms with Crippen LogP contribution < -0.4 is 15.9 Å². The van der Waals surface area contributed by atoms with Gasteiger partial charge in [0.15, 0.2) is 0 Å². The van der Waals surface area contributed by atoms with Crippen molar-refractivity contribution >= 4 is 29.2 Å². The number of nitrogens with two attached hydrogens (primary N) is 1. The summed E-state index contributed by atoms with van der Waals surface area (Å²) in [5, 5.41) is 0.926. The third-order valence-corrected chi connectivity index (χ3v) is 5.36. The number of benzene rings is 2. The van der Waals surface area contributed by atoms with Crippen LogP contribution in [0.4, 0.5) is 5.69 Å². The highest BCUT2D eigenvalue weighted by molar-refractivity contribution is 6.62. The topological polar surface area (TPSA) is 66.6 Å². The van der Waals surface area contributed by atoms with Crippen molar-refractivity contribution in [2.45, 2.75) is 38.9 Å². The smallest absolute Gasteiger partial charge is 0.457 e. The zero-order chi connectivity index (χ0) is 19.2. The Morgan fingerprint density at radius 1 is 0.926 bits per heavy atom. The Bertz CT molecular complexity index is 970. The molecular formula is C21H23BN2O3. The molecule has 0 saturated carbocycles. The lowest BCUT2D eigenvalue weighted by Crippen LogP contribution is -2.41. The largest absolute Gasteiger partial charge is 0.494 e. The minimum Gasteiger partial charge on any atom is -0.457 e. The number of anilines is 1. The lowest BCUT2D eigenvalue weighted by atomic mass is 9.78. The molecule has 138 valence electrons. The molecule has 1 aliphatic rings. The maximum atomic E-state index is 6.14. The van der Waals surface area contributed by atoms with Gasteiger partial charge < -0.3 is 19.8 Å². The van der Waals surface area contributed by atoms with E-state index in [1.165, 1.54) is 0 Å². The lowest BCUT2D eigenvalue weighted by molar-refractivity contribution is 0.00578. The van der Waals surface area contributed by atoms with Crippen LogP contribution >= 0.6 is 0 Å². The molecule has 4 rings (SSSR count). The summed E-state index contributed by atoms with van der Waals surface area (Å²) in [6.07, 6.45) is 1.74. The molecule has 1 aromatic heterocycles. The Labute approximate surface area is 159 Å². The average molecular weight is 362 g/mol. The average Bonchev–Trinajstić information content (AvgIpc) is 2.84. The van der Waals surface area contributed by atoms with E-state index in [1.807, 2.05) is 76.2 Å².